The van der Waals surface area contributed by atoms with Crippen molar-refractivity contribution in [1.82, 2.24) is 0 Å². The van der Waals surface area contributed by atoms with Gasteiger partial charge in [0.05, 0.1) is 0 Å². The van der Waals surface area contributed by atoms with Crippen molar-refractivity contribution < 1.29 is 0 Å². The van der Waals surface area contributed by atoms with Crippen molar-refractivity contribution in [1.29, 1.82) is 0 Å². The van der Waals surface area contributed by atoms with Crippen LogP contribution in [-0.2, 0) is 0 Å². The number of fused-ring (bicyclic) bond motifs is 2. The molecule has 0 aliphatic heterocycles. The van der Waals surface area contributed by atoms with Gasteiger partial charge in [0.25, 0.3) is 0 Å². The van der Waals surface area contributed by atoms with Crippen molar-refractivity contribution >= 4 is 50.6 Å². The van der Waals surface area contributed by atoms with E-state index in [-0.39, 0.29) is 0 Å². The SMILES string of the molecule is Cc1cc2cc(-c3ccccc3)ccc2c(-c2c(P)c(C)cc3cc(-c4ccccc4)ccc23)c1P. The van der Waals surface area contributed by atoms with Gasteiger partial charge in [-0.1, -0.05) is 97.1 Å². The van der Waals surface area contributed by atoms with E-state index in [1.54, 1.807) is 0 Å². The first-order valence-electron chi connectivity index (χ1n) is 12.3. The molecule has 0 aliphatic rings. The molecule has 6 aromatic carbocycles. The highest BCUT2D eigenvalue weighted by molar-refractivity contribution is 7.29. The average molecular weight is 499 g/mol. The molecule has 0 saturated heterocycles. The van der Waals surface area contributed by atoms with Gasteiger partial charge in [-0.25, -0.2) is 0 Å². The molecule has 0 spiro atoms. The second-order valence-electron chi connectivity index (χ2n) is 9.57. The zero-order valence-corrected chi connectivity index (χ0v) is 22.9. The van der Waals surface area contributed by atoms with Crippen LogP contribution in [0.25, 0.3) is 54.9 Å². The Labute approximate surface area is 217 Å². The van der Waals surface area contributed by atoms with Crippen LogP contribution in [0.15, 0.2) is 109 Å². The Kier molecular flexibility index (Phi) is 5.97. The van der Waals surface area contributed by atoms with Crippen LogP contribution in [0.5, 0.6) is 0 Å². The molecule has 2 heteroatoms. The molecule has 0 aliphatic carbocycles. The van der Waals surface area contributed by atoms with Crippen molar-refractivity contribution in [2.75, 3.05) is 0 Å². The Bertz CT molecular complexity index is 1620. The van der Waals surface area contributed by atoms with E-state index in [9.17, 15) is 0 Å². The highest BCUT2D eigenvalue weighted by Gasteiger charge is 2.18. The van der Waals surface area contributed by atoms with Crippen molar-refractivity contribution in [2.45, 2.75) is 13.8 Å². The lowest BCUT2D eigenvalue weighted by Crippen LogP contribution is -2.11. The van der Waals surface area contributed by atoms with Gasteiger partial charge in [-0.2, -0.15) is 0 Å². The van der Waals surface area contributed by atoms with Gasteiger partial charge in [-0.15, -0.1) is 18.5 Å². The summed E-state index contributed by atoms with van der Waals surface area (Å²) < 4.78 is 0. The van der Waals surface area contributed by atoms with Crippen LogP contribution in [0.1, 0.15) is 11.1 Å². The third-order valence-corrected chi connectivity index (χ3v) is 8.73. The summed E-state index contributed by atoms with van der Waals surface area (Å²) in [6, 6.07) is 39.7. The van der Waals surface area contributed by atoms with Gasteiger partial charge in [0, 0.05) is 0 Å². The van der Waals surface area contributed by atoms with Crippen LogP contribution < -0.4 is 10.6 Å². The summed E-state index contributed by atoms with van der Waals surface area (Å²) in [5, 5.41) is 7.64. The molecule has 36 heavy (non-hydrogen) atoms. The molecule has 6 rings (SSSR count). The van der Waals surface area contributed by atoms with Crippen molar-refractivity contribution in [2.24, 2.45) is 0 Å². The topological polar surface area (TPSA) is 0 Å². The summed E-state index contributed by atoms with van der Waals surface area (Å²) in [6.45, 7) is 4.43. The average Bonchev–Trinajstić information content (AvgIpc) is 2.91. The van der Waals surface area contributed by atoms with Gasteiger partial charge < -0.3 is 0 Å². The lowest BCUT2D eigenvalue weighted by molar-refractivity contribution is 1.53. The van der Waals surface area contributed by atoms with E-state index in [1.165, 1.54) is 76.7 Å². The van der Waals surface area contributed by atoms with Crippen LogP contribution in [0.2, 0.25) is 0 Å². The van der Waals surface area contributed by atoms with Crippen molar-refractivity contribution in [3.8, 4) is 33.4 Å². The Hall–Kier alpha value is -3.30. The Balaban J connectivity index is 1.63. The molecule has 2 unspecified atom stereocenters. The number of hydrogen-bond acceptors (Lipinski definition) is 0. The third-order valence-electron chi connectivity index (χ3n) is 7.24. The molecular formula is C34H28P2. The van der Waals surface area contributed by atoms with E-state index in [0.29, 0.717) is 0 Å². The van der Waals surface area contributed by atoms with Gasteiger partial charge in [0.1, 0.15) is 0 Å². The van der Waals surface area contributed by atoms with Crippen LogP contribution in [-0.4, -0.2) is 0 Å². The van der Waals surface area contributed by atoms with E-state index in [0.717, 1.165) is 0 Å². The van der Waals surface area contributed by atoms with Gasteiger partial charge in [0.15, 0.2) is 0 Å². The number of hydrogen-bond donors (Lipinski definition) is 0. The zero-order chi connectivity index (χ0) is 24.8. The van der Waals surface area contributed by atoms with Gasteiger partial charge >= 0.3 is 0 Å². The van der Waals surface area contributed by atoms with E-state index >= 15 is 0 Å². The normalized spacial score (nSPS) is 11.3. The fourth-order valence-electron chi connectivity index (χ4n) is 5.29. The van der Waals surface area contributed by atoms with E-state index in [1.807, 2.05) is 0 Å². The first-order chi connectivity index (χ1) is 17.5. The minimum absolute atomic E-state index is 1.25. The maximum Gasteiger partial charge on any atom is -0.00184 e. The highest BCUT2D eigenvalue weighted by atomic mass is 31.0. The van der Waals surface area contributed by atoms with Crippen LogP contribution in [0, 0.1) is 13.8 Å². The Morgan fingerprint density at radius 3 is 1.19 bits per heavy atom. The number of benzene rings is 6. The Morgan fingerprint density at radius 1 is 0.417 bits per heavy atom. The summed E-state index contributed by atoms with van der Waals surface area (Å²) in [7, 11) is 6.07. The highest BCUT2D eigenvalue weighted by Crippen LogP contribution is 2.38. The van der Waals surface area contributed by atoms with E-state index in [4.69, 9.17) is 0 Å². The molecular weight excluding hydrogens is 470 g/mol. The first-order valence-corrected chi connectivity index (χ1v) is 13.4. The monoisotopic (exact) mass is 498 g/mol. The molecule has 0 radical (unpaired) electrons. The lowest BCUT2D eigenvalue weighted by atomic mass is 9.88. The third kappa shape index (κ3) is 3.96. The fourth-order valence-corrected chi connectivity index (χ4v) is 6.05. The summed E-state index contributed by atoms with van der Waals surface area (Å²) in [5.74, 6) is 0. The predicted molar refractivity (Wildman–Crippen MR) is 166 cm³/mol. The summed E-state index contributed by atoms with van der Waals surface area (Å²) in [5.41, 5.74) is 10.2. The number of rotatable bonds is 3. The Morgan fingerprint density at radius 2 is 0.806 bits per heavy atom. The maximum absolute atomic E-state index is 3.03. The standard InChI is InChI=1S/C34H28P2/c1-21-17-27-19-25(23-9-5-3-6-10-23)13-15-29(27)31(33(21)35)32-30-16-14-26(24-11-7-4-8-12-24)20-28(30)18-22(2)34(32)36/h3-20H,35-36H2,1-2H3. The maximum atomic E-state index is 3.03. The number of aryl methyl sites for hydroxylation is 2. The van der Waals surface area contributed by atoms with Crippen molar-refractivity contribution in [3.05, 3.63) is 120 Å². The summed E-state index contributed by atoms with van der Waals surface area (Å²) in [6.07, 6.45) is 0. The molecule has 0 bridgehead atoms. The van der Waals surface area contributed by atoms with Gasteiger partial charge in [0.2, 0.25) is 0 Å². The summed E-state index contributed by atoms with van der Waals surface area (Å²) in [4.78, 5) is 0. The van der Waals surface area contributed by atoms with Crippen LogP contribution >= 0.6 is 18.5 Å². The smallest absolute Gasteiger partial charge is 0.00184 e. The first kappa shape index (κ1) is 23.1. The fraction of sp³-hybridized carbons (Fsp3) is 0.0588. The minimum Gasteiger partial charge on any atom is -0.105 e. The quantitative estimate of drug-likeness (QED) is 0.214. The van der Waals surface area contributed by atoms with Gasteiger partial charge in [-0.3, -0.25) is 0 Å². The second-order valence-corrected chi connectivity index (χ2v) is 10.7. The lowest BCUT2D eigenvalue weighted by Gasteiger charge is -2.20. The molecule has 0 N–H and O–H groups in total. The second kappa shape index (κ2) is 9.29. The molecule has 2 atom stereocenters. The predicted octanol–water partition coefficient (Wildman–Crippen LogP) is 8.61. The molecule has 0 saturated carbocycles. The van der Waals surface area contributed by atoms with Crippen molar-refractivity contribution in [3.63, 3.8) is 0 Å². The molecule has 0 fully saturated rings. The molecule has 0 nitrogen and oxygen atoms in total. The zero-order valence-electron chi connectivity index (χ0n) is 20.5. The summed E-state index contributed by atoms with van der Waals surface area (Å²) >= 11 is 0. The van der Waals surface area contributed by atoms with Crippen LogP contribution in [0.3, 0.4) is 0 Å². The molecule has 0 heterocycles. The van der Waals surface area contributed by atoms with E-state index < -0.39 is 0 Å². The molecule has 0 amide bonds. The van der Waals surface area contributed by atoms with Crippen LogP contribution in [0.4, 0.5) is 0 Å². The molecule has 6 aromatic rings. The molecule has 0 aromatic heterocycles. The minimum atomic E-state index is 1.25. The van der Waals surface area contributed by atoms with Gasteiger partial charge in [-0.05, 0) is 103 Å². The molecule has 174 valence electrons. The largest absolute Gasteiger partial charge is 0.105 e. The van der Waals surface area contributed by atoms with E-state index in [2.05, 4.69) is 142 Å².